The second-order valence-electron chi connectivity index (χ2n) is 4.55. The highest BCUT2D eigenvalue weighted by molar-refractivity contribution is 9.10. The molecule has 9 nitrogen and oxygen atoms in total. The Morgan fingerprint density at radius 2 is 2.30 bits per heavy atom. The molecule has 2 rings (SSSR count). The van der Waals surface area contributed by atoms with Crippen LogP contribution in [0.4, 0.5) is 5.82 Å². The summed E-state index contributed by atoms with van der Waals surface area (Å²) in [6.07, 6.45) is 1.29. The molecular weight excluding hydrogens is 370 g/mol. The van der Waals surface area contributed by atoms with Gasteiger partial charge in [-0.05, 0) is 30.0 Å². The standard InChI is InChI=1S/C13H12BrN5O4/c1-8-4-12(19(22)23)17-18(8)7-13(21)16-15-6-9-5-10(14)2-3-11(9)20/h2-6,20H,7H2,1H3,(H,16,21)/b15-6+. The van der Waals surface area contributed by atoms with Crippen LogP contribution in [0.15, 0.2) is 33.8 Å². The molecule has 1 aromatic carbocycles. The van der Waals surface area contributed by atoms with Gasteiger partial charge in [0.2, 0.25) is 0 Å². The zero-order chi connectivity index (χ0) is 17.0. The van der Waals surface area contributed by atoms with Crippen LogP contribution >= 0.6 is 15.9 Å². The van der Waals surface area contributed by atoms with Gasteiger partial charge >= 0.3 is 5.82 Å². The fourth-order valence-corrected chi connectivity index (χ4v) is 2.09. The van der Waals surface area contributed by atoms with E-state index in [2.05, 4.69) is 31.6 Å². The minimum Gasteiger partial charge on any atom is -0.507 e. The third-order valence-electron chi connectivity index (χ3n) is 2.83. The Labute approximate surface area is 138 Å². The number of hydrogen-bond donors (Lipinski definition) is 2. The summed E-state index contributed by atoms with van der Waals surface area (Å²) in [7, 11) is 0. The van der Waals surface area contributed by atoms with Gasteiger partial charge in [-0.2, -0.15) is 9.78 Å². The van der Waals surface area contributed by atoms with Crippen molar-refractivity contribution in [3.63, 3.8) is 0 Å². The summed E-state index contributed by atoms with van der Waals surface area (Å²) in [6, 6.07) is 6.06. The largest absolute Gasteiger partial charge is 0.507 e. The average Bonchev–Trinajstić information content (AvgIpc) is 2.84. The molecule has 0 unspecified atom stereocenters. The lowest BCUT2D eigenvalue weighted by molar-refractivity contribution is -0.389. The van der Waals surface area contributed by atoms with E-state index in [1.54, 1.807) is 19.1 Å². The molecule has 2 N–H and O–H groups in total. The summed E-state index contributed by atoms with van der Waals surface area (Å²) < 4.78 is 1.96. The van der Waals surface area contributed by atoms with Crippen molar-refractivity contribution in [2.75, 3.05) is 0 Å². The van der Waals surface area contributed by atoms with Gasteiger partial charge in [0.1, 0.15) is 12.3 Å². The van der Waals surface area contributed by atoms with E-state index in [4.69, 9.17) is 0 Å². The molecule has 0 aliphatic rings. The number of halogens is 1. The SMILES string of the molecule is Cc1cc([N+](=O)[O-])nn1CC(=O)N/N=C/c1cc(Br)ccc1O. The van der Waals surface area contributed by atoms with Gasteiger partial charge in [-0.15, -0.1) is 0 Å². The summed E-state index contributed by atoms with van der Waals surface area (Å²) in [4.78, 5) is 21.7. The van der Waals surface area contributed by atoms with Crippen molar-refractivity contribution in [2.45, 2.75) is 13.5 Å². The van der Waals surface area contributed by atoms with E-state index < -0.39 is 10.8 Å². The number of amides is 1. The van der Waals surface area contributed by atoms with Crippen LogP contribution in [0.3, 0.4) is 0 Å². The molecule has 0 saturated heterocycles. The number of nitro groups is 1. The predicted molar refractivity (Wildman–Crippen MR) is 85.2 cm³/mol. The van der Waals surface area contributed by atoms with Crippen LogP contribution in [-0.4, -0.2) is 31.9 Å². The first-order valence-electron chi connectivity index (χ1n) is 6.36. The second-order valence-corrected chi connectivity index (χ2v) is 5.47. The molecular formula is C13H12BrN5O4. The molecule has 0 fully saturated rings. The van der Waals surface area contributed by atoms with Crippen LogP contribution in [0.2, 0.25) is 0 Å². The fourth-order valence-electron chi connectivity index (χ4n) is 1.72. The third-order valence-corrected chi connectivity index (χ3v) is 3.32. The van der Waals surface area contributed by atoms with Crippen molar-refractivity contribution in [1.29, 1.82) is 0 Å². The fraction of sp³-hybridized carbons (Fsp3) is 0.154. The Hall–Kier alpha value is -2.75. The number of aromatic hydroxyl groups is 1. The summed E-state index contributed by atoms with van der Waals surface area (Å²) in [5, 5.41) is 27.7. The van der Waals surface area contributed by atoms with Gasteiger partial charge in [0, 0.05) is 10.0 Å². The van der Waals surface area contributed by atoms with Crippen molar-refractivity contribution in [2.24, 2.45) is 5.10 Å². The maximum atomic E-state index is 11.8. The maximum absolute atomic E-state index is 11.8. The number of nitrogens with zero attached hydrogens (tertiary/aromatic N) is 4. The molecule has 0 saturated carbocycles. The molecule has 0 radical (unpaired) electrons. The Kier molecular flexibility index (Phi) is 5.06. The number of hydrazone groups is 1. The van der Waals surface area contributed by atoms with E-state index in [1.807, 2.05) is 0 Å². The van der Waals surface area contributed by atoms with E-state index in [-0.39, 0.29) is 18.1 Å². The molecule has 1 heterocycles. The van der Waals surface area contributed by atoms with Crippen molar-refractivity contribution < 1.29 is 14.8 Å². The normalized spacial score (nSPS) is 10.9. The number of benzene rings is 1. The molecule has 1 amide bonds. The van der Waals surface area contributed by atoms with Crippen molar-refractivity contribution in [1.82, 2.24) is 15.2 Å². The number of aromatic nitrogens is 2. The maximum Gasteiger partial charge on any atom is 0.390 e. The monoisotopic (exact) mass is 381 g/mol. The van der Waals surface area contributed by atoms with Gasteiger partial charge in [-0.1, -0.05) is 15.9 Å². The number of aryl methyl sites for hydroxylation is 1. The molecule has 2 aromatic rings. The van der Waals surface area contributed by atoms with Crippen molar-refractivity contribution in [3.8, 4) is 5.75 Å². The van der Waals surface area contributed by atoms with Gasteiger partial charge in [0.15, 0.2) is 0 Å². The van der Waals surface area contributed by atoms with Crippen LogP contribution < -0.4 is 5.43 Å². The topological polar surface area (TPSA) is 123 Å². The van der Waals surface area contributed by atoms with Gasteiger partial charge < -0.3 is 15.2 Å². The predicted octanol–water partition coefficient (Wildman–Crippen LogP) is 1.72. The molecule has 1 aromatic heterocycles. The molecule has 0 aliphatic heterocycles. The van der Waals surface area contributed by atoms with Crippen LogP contribution in [0, 0.1) is 17.0 Å². The lowest BCUT2D eigenvalue weighted by Gasteiger charge is -2.01. The molecule has 0 bridgehead atoms. The Bertz CT molecular complexity index is 787. The lowest BCUT2D eigenvalue weighted by atomic mass is 10.2. The molecule has 0 spiro atoms. The van der Waals surface area contributed by atoms with E-state index >= 15 is 0 Å². The first-order valence-corrected chi connectivity index (χ1v) is 7.15. The summed E-state index contributed by atoms with van der Waals surface area (Å²) in [5.74, 6) is -0.806. The number of phenols is 1. The number of phenolic OH excluding ortho intramolecular Hbond substituents is 1. The molecule has 10 heteroatoms. The summed E-state index contributed by atoms with van der Waals surface area (Å²) in [5.41, 5.74) is 3.17. The van der Waals surface area contributed by atoms with Crippen molar-refractivity contribution in [3.05, 3.63) is 50.1 Å². The van der Waals surface area contributed by atoms with Gasteiger partial charge in [-0.25, -0.2) is 5.43 Å². The van der Waals surface area contributed by atoms with E-state index in [1.165, 1.54) is 23.0 Å². The first kappa shape index (κ1) is 16.6. The van der Waals surface area contributed by atoms with Crippen LogP contribution in [0.25, 0.3) is 0 Å². The van der Waals surface area contributed by atoms with E-state index in [9.17, 15) is 20.0 Å². The van der Waals surface area contributed by atoms with Crippen LogP contribution in [0.1, 0.15) is 11.3 Å². The third kappa shape index (κ3) is 4.36. The Morgan fingerprint density at radius 3 is 2.96 bits per heavy atom. The summed E-state index contributed by atoms with van der Waals surface area (Å²) >= 11 is 3.26. The number of carbonyl (C=O) groups is 1. The van der Waals surface area contributed by atoms with Gasteiger partial charge in [0.05, 0.1) is 23.1 Å². The Morgan fingerprint density at radius 1 is 1.57 bits per heavy atom. The molecule has 23 heavy (non-hydrogen) atoms. The van der Waals surface area contributed by atoms with Crippen LogP contribution in [0.5, 0.6) is 5.75 Å². The number of hydrogen-bond acceptors (Lipinski definition) is 6. The smallest absolute Gasteiger partial charge is 0.390 e. The second kappa shape index (κ2) is 7.01. The lowest BCUT2D eigenvalue weighted by Crippen LogP contribution is -2.24. The highest BCUT2D eigenvalue weighted by atomic mass is 79.9. The van der Waals surface area contributed by atoms with Crippen LogP contribution in [-0.2, 0) is 11.3 Å². The summed E-state index contributed by atoms with van der Waals surface area (Å²) in [6.45, 7) is 1.40. The highest BCUT2D eigenvalue weighted by Gasteiger charge is 2.17. The minimum atomic E-state index is -0.629. The zero-order valence-corrected chi connectivity index (χ0v) is 13.5. The van der Waals surface area contributed by atoms with E-state index in [0.29, 0.717) is 11.3 Å². The van der Waals surface area contributed by atoms with Gasteiger partial charge in [-0.3, -0.25) is 4.79 Å². The Balaban J connectivity index is 1.99. The van der Waals surface area contributed by atoms with Gasteiger partial charge in [0.25, 0.3) is 5.91 Å². The number of nitrogens with one attached hydrogen (secondary N) is 1. The average molecular weight is 382 g/mol. The minimum absolute atomic E-state index is 0.0183. The zero-order valence-electron chi connectivity index (χ0n) is 11.9. The number of carbonyl (C=O) groups excluding carboxylic acids is 1. The molecule has 0 atom stereocenters. The van der Waals surface area contributed by atoms with Crippen molar-refractivity contribution >= 4 is 33.9 Å². The van der Waals surface area contributed by atoms with E-state index in [0.717, 1.165) is 4.47 Å². The first-order chi connectivity index (χ1) is 10.9. The number of rotatable bonds is 5. The molecule has 0 aliphatic carbocycles. The molecule has 120 valence electrons. The quantitative estimate of drug-likeness (QED) is 0.463. The highest BCUT2D eigenvalue weighted by Crippen LogP contribution is 2.19.